The first-order valence-electron chi connectivity index (χ1n) is 7.55. The molecule has 0 aliphatic heterocycles. The van der Waals surface area contributed by atoms with Gasteiger partial charge in [0.1, 0.15) is 5.76 Å². The van der Waals surface area contributed by atoms with Crippen LogP contribution in [0.1, 0.15) is 83.8 Å². The van der Waals surface area contributed by atoms with E-state index in [1.54, 1.807) is 0 Å². The van der Waals surface area contributed by atoms with Crippen LogP contribution in [0.4, 0.5) is 0 Å². The third-order valence-corrected chi connectivity index (χ3v) is 3.80. The predicted molar refractivity (Wildman–Crippen MR) is 76.9 cm³/mol. The molecule has 0 aromatic carbocycles. The van der Waals surface area contributed by atoms with Crippen LogP contribution in [-0.2, 0) is 5.41 Å². The molecular formula is C16H29NO. The Morgan fingerprint density at radius 1 is 1.06 bits per heavy atom. The molecule has 0 amide bonds. The lowest BCUT2D eigenvalue weighted by Gasteiger charge is -2.26. The molecule has 1 aromatic rings. The Hall–Kier alpha value is -0.790. The first kappa shape index (κ1) is 15.3. The molecule has 0 bridgehead atoms. The third kappa shape index (κ3) is 4.47. The molecule has 2 heteroatoms. The zero-order valence-electron chi connectivity index (χ0n) is 12.6. The van der Waals surface area contributed by atoms with E-state index in [1.165, 1.54) is 51.4 Å². The van der Waals surface area contributed by atoms with Gasteiger partial charge in [-0.05, 0) is 19.8 Å². The summed E-state index contributed by atoms with van der Waals surface area (Å²) in [6.07, 6.45) is 12.0. The lowest BCUT2D eigenvalue weighted by Crippen LogP contribution is -2.22. The van der Waals surface area contributed by atoms with E-state index < -0.39 is 0 Å². The van der Waals surface area contributed by atoms with Crippen LogP contribution in [0.3, 0.4) is 0 Å². The molecule has 1 heterocycles. The van der Waals surface area contributed by atoms with Crippen molar-refractivity contribution in [2.75, 3.05) is 0 Å². The molecule has 2 nitrogen and oxygen atoms in total. The highest BCUT2D eigenvalue weighted by Crippen LogP contribution is 2.34. The molecule has 0 radical (unpaired) electrons. The Bertz CT molecular complexity index is 332. The standard InChI is InChI=1S/C16H29NO/c1-5-7-9-10-12-16(4,11-8-6-2)15-17-13-14(3)18-15/h13H,5-12H2,1-4H3. The molecule has 1 rings (SSSR count). The summed E-state index contributed by atoms with van der Waals surface area (Å²) in [7, 11) is 0. The smallest absolute Gasteiger partial charge is 0.200 e. The van der Waals surface area contributed by atoms with Crippen molar-refractivity contribution in [2.45, 2.75) is 84.5 Å². The van der Waals surface area contributed by atoms with E-state index in [1.807, 2.05) is 13.1 Å². The van der Waals surface area contributed by atoms with E-state index >= 15 is 0 Å². The Balaban J connectivity index is 2.62. The van der Waals surface area contributed by atoms with Gasteiger partial charge in [0.25, 0.3) is 0 Å². The molecule has 1 aromatic heterocycles. The van der Waals surface area contributed by atoms with Crippen molar-refractivity contribution in [3.63, 3.8) is 0 Å². The average Bonchev–Trinajstić information content (AvgIpc) is 2.80. The van der Waals surface area contributed by atoms with Crippen LogP contribution in [0, 0.1) is 6.92 Å². The van der Waals surface area contributed by atoms with Gasteiger partial charge >= 0.3 is 0 Å². The zero-order valence-corrected chi connectivity index (χ0v) is 12.6. The second-order valence-electron chi connectivity index (χ2n) is 5.75. The molecule has 104 valence electrons. The Labute approximate surface area is 112 Å². The van der Waals surface area contributed by atoms with Gasteiger partial charge in [-0.25, -0.2) is 4.98 Å². The van der Waals surface area contributed by atoms with Gasteiger partial charge in [-0.15, -0.1) is 0 Å². The first-order valence-corrected chi connectivity index (χ1v) is 7.55. The number of hydrogen-bond donors (Lipinski definition) is 0. The summed E-state index contributed by atoms with van der Waals surface area (Å²) in [5.41, 5.74) is 0.137. The second-order valence-corrected chi connectivity index (χ2v) is 5.75. The lowest BCUT2D eigenvalue weighted by molar-refractivity contribution is 0.285. The molecule has 0 fully saturated rings. The molecule has 0 aliphatic carbocycles. The molecule has 1 atom stereocenters. The Morgan fingerprint density at radius 2 is 1.72 bits per heavy atom. The quantitative estimate of drug-likeness (QED) is 0.549. The summed E-state index contributed by atoms with van der Waals surface area (Å²) in [6.45, 7) is 8.81. The Kier molecular flexibility index (Phi) is 6.45. The summed E-state index contributed by atoms with van der Waals surface area (Å²) >= 11 is 0. The topological polar surface area (TPSA) is 26.0 Å². The first-order chi connectivity index (χ1) is 8.62. The second kappa shape index (κ2) is 7.60. The highest BCUT2D eigenvalue weighted by Gasteiger charge is 2.30. The monoisotopic (exact) mass is 251 g/mol. The van der Waals surface area contributed by atoms with E-state index in [0.29, 0.717) is 0 Å². The molecule has 0 saturated heterocycles. The summed E-state index contributed by atoms with van der Waals surface area (Å²) in [5.74, 6) is 1.88. The fourth-order valence-electron chi connectivity index (χ4n) is 2.48. The highest BCUT2D eigenvalue weighted by atomic mass is 16.4. The van der Waals surface area contributed by atoms with Gasteiger partial charge in [-0.2, -0.15) is 0 Å². The number of nitrogens with zero attached hydrogens (tertiary/aromatic N) is 1. The number of aryl methyl sites for hydroxylation is 1. The van der Waals surface area contributed by atoms with Crippen LogP contribution in [0.2, 0.25) is 0 Å². The SMILES string of the molecule is CCCCCCC(C)(CCCC)c1ncc(C)o1. The van der Waals surface area contributed by atoms with Crippen LogP contribution in [0.15, 0.2) is 10.6 Å². The number of oxazole rings is 1. The summed E-state index contributed by atoms with van der Waals surface area (Å²) < 4.78 is 5.79. The van der Waals surface area contributed by atoms with Gasteiger partial charge < -0.3 is 4.42 Å². The highest BCUT2D eigenvalue weighted by molar-refractivity contribution is 5.05. The van der Waals surface area contributed by atoms with Gasteiger partial charge in [0, 0.05) is 5.41 Å². The largest absolute Gasteiger partial charge is 0.445 e. The minimum atomic E-state index is 0.137. The molecule has 0 spiro atoms. The normalized spacial score (nSPS) is 14.7. The molecule has 1 unspecified atom stereocenters. The summed E-state index contributed by atoms with van der Waals surface area (Å²) in [4.78, 5) is 4.47. The van der Waals surface area contributed by atoms with Crippen molar-refractivity contribution in [1.82, 2.24) is 4.98 Å². The van der Waals surface area contributed by atoms with Crippen molar-refractivity contribution in [3.8, 4) is 0 Å². The molecule has 0 saturated carbocycles. The molecular weight excluding hydrogens is 222 g/mol. The van der Waals surface area contributed by atoms with Crippen molar-refractivity contribution < 1.29 is 4.42 Å². The minimum absolute atomic E-state index is 0.137. The Morgan fingerprint density at radius 3 is 2.28 bits per heavy atom. The van der Waals surface area contributed by atoms with Crippen molar-refractivity contribution >= 4 is 0 Å². The average molecular weight is 251 g/mol. The van der Waals surface area contributed by atoms with Crippen LogP contribution in [-0.4, -0.2) is 4.98 Å². The van der Waals surface area contributed by atoms with Crippen molar-refractivity contribution in [3.05, 3.63) is 17.8 Å². The van der Waals surface area contributed by atoms with Gasteiger partial charge in [0.15, 0.2) is 5.89 Å². The van der Waals surface area contributed by atoms with Crippen LogP contribution < -0.4 is 0 Å². The van der Waals surface area contributed by atoms with Crippen LogP contribution in [0.25, 0.3) is 0 Å². The van der Waals surface area contributed by atoms with Gasteiger partial charge in [-0.1, -0.05) is 59.3 Å². The zero-order chi connectivity index (χ0) is 13.4. The maximum atomic E-state index is 5.79. The third-order valence-electron chi connectivity index (χ3n) is 3.80. The minimum Gasteiger partial charge on any atom is -0.445 e. The number of aromatic nitrogens is 1. The fraction of sp³-hybridized carbons (Fsp3) is 0.812. The van der Waals surface area contributed by atoms with Crippen LogP contribution in [0.5, 0.6) is 0 Å². The van der Waals surface area contributed by atoms with Gasteiger partial charge in [0.05, 0.1) is 6.20 Å². The lowest BCUT2D eigenvalue weighted by atomic mass is 9.80. The molecule has 18 heavy (non-hydrogen) atoms. The van der Waals surface area contributed by atoms with Crippen molar-refractivity contribution in [1.29, 1.82) is 0 Å². The fourth-order valence-corrected chi connectivity index (χ4v) is 2.48. The van der Waals surface area contributed by atoms with E-state index in [0.717, 1.165) is 11.7 Å². The maximum absolute atomic E-state index is 5.79. The van der Waals surface area contributed by atoms with Gasteiger partial charge in [-0.3, -0.25) is 0 Å². The summed E-state index contributed by atoms with van der Waals surface area (Å²) in [6, 6.07) is 0. The predicted octanol–water partition coefficient (Wildman–Crippen LogP) is 5.40. The van der Waals surface area contributed by atoms with E-state index in [2.05, 4.69) is 25.8 Å². The molecule has 0 N–H and O–H groups in total. The number of unbranched alkanes of at least 4 members (excludes halogenated alkanes) is 4. The van der Waals surface area contributed by atoms with Gasteiger partial charge in [0.2, 0.25) is 0 Å². The molecule has 0 aliphatic rings. The van der Waals surface area contributed by atoms with E-state index in [9.17, 15) is 0 Å². The van der Waals surface area contributed by atoms with Crippen molar-refractivity contribution in [2.24, 2.45) is 0 Å². The number of hydrogen-bond acceptors (Lipinski definition) is 2. The van der Waals surface area contributed by atoms with Crippen LogP contribution >= 0.6 is 0 Å². The maximum Gasteiger partial charge on any atom is 0.200 e. The van der Waals surface area contributed by atoms with E-state index in [4.69, 9.17) is 4.42 Å². The van der Waals surface area contributed by atoms with E-state index in [-0.39, 0.29) is 5.41 Å². The summed E-state index contributed by atoms with van der Waals surface area (Å²) in [5, 5.41) is 0. The number of rotatable bonds is 9.